The highest BCUT2D eigenvalue weighted by Gasteiger charge is 2.45. The van der Waals surface area contributed by atoms with Crippen LogP contribution in [0.1, 0.15) is 25.3 Å². The number of rotatable bonds is 15. The molecular formula is C28H26Cl2N6O9S. The second kappa shape index (κ2) is 14.9. The van der Waals surface area contributed by atoms with E-state index in [-0.39, 0.29) is 30.6 Å². The Labute approximate surface area is 275 Å². The lowest BCUT2D eigenvalue weighted by Gasteiger charge is -2.30. The Hall–Kier alpha value is -4.22. The summed E-state index contributed by atoms with van der Waals surface area (Å²) in [6.45, 7) is 2.59. The van der Waals surface area contributed by atoms with Crippen LogP contribution in [0.2, 0.25) is 10.0 Å². The number of unbranched alkanes of at least 4 members (excludes halogenated alkanes) is 1. The van der Waals surface area contributed by atoms with Gasteiger partial charge in [0.1, 0.15) is 24.2 Å². The summed E-state index contributed by atoms with van der Waals surface area (Å²) in [5, 5.41) is 21.1. The number of hydrogen-bond donors (Lipinski definition) is 0. The summed E-state index contributed by atoms with van der Waals surface area (Å²) >= 11 is 13.9. The lowest BCUT2D eigenvalue weighted by atomic mass is 10.1. The van der Waals surface area contributed by atoms with Gasteiger partial charge in [-0.1, -0.05) is 54.4 Å². The summed E-state index contributed by atoms with van der Waals surface area (Å²) in [7, 11) is 0. The quantitative estimate of drug-likeness (QED) is 0.0464. The zero-order chi connectivity index (χ0) is 32.7. The van der Waals surface area contributed by atoms with Crippen molar-refractivity contribution in [2.75, 3.05) is 19.0 Å². The van der Waals surface area contributed by atoms with Crippen LogP contribution in [-0.2, 0) is 21.8 Å². The molecule has 0 amide bonds. The van der Waals surface area contributed by atoms with Crippen LogP contribution < -0.4 is 14.4 Å². The van der Waals surface area contributed by atoms with Crippen molar-refractivity contribution in [2.24, 2.45) is 0 Å². The lowest BCUT2D eigenvalue weighted by molar-refractivity contribution is -0.722. The van der Waals surface area contributed by atoms with E-state index in [0.29, 0.717) is 32.7 Å². The van der Waals surface area contributed by atoms with Crippen LogP contribution in [0.4, 0.5) is 0 Å². The molecule has 0 saturated carbocycles. The van der Waals surface area contributed by atoms with Crippen molar-refractivity contribution < 1.29 is 34.1 Å². The van der Waals surface area contributed by atoms with Gasteiger partial charge in [-0.25, -0.2) is 9.97 Å². The number of aromatic nitrogens is 4. The van der Waals surface area contributed by atoms with Gasteiger partial charge in [0.2, 0.25) is 11.7 Å². The van der Waals surface area contributed by atoms with Crippen LogP contribution in [0.15, 0.2) is 66.3 Å². The van der Waals surface area contributed by atoms with Gasteiger partial charge in [-0.2, -0.15) is 4.98 Å². The van der Waals surface area contributed by atoms with Crippen molar-refractivity contribution in [1.29, 1.82) is 0 Å². The van der Waals surface area contributed by atoms with E-state index in [9.17, 15) is 20.2 Å². The molecule has 0 radical (unpaired) electrons. The molecule has 0 aliphatic carbocycles. The predicted octanol–water partition coefficient (Wildman–Crippen LogP) is 6.03. The van der Waals surface area contributed by atoms with Gasteiger partial charge in [0.15, 0.2) is 10.9 Å². The van der Waals surface area contributed by atoms with Gasteiger partial charge in [0.25, 0.3) is 5.09 Å². The van der Waals surface area contributed by atoms with E-state index in [1.165, 1.54) is 11.8 Å². The van der Waals surface area contributed by atoms with Gasteiger partial charge in [0.05, 0.1) is 24.5 Å². The summed E-state index contributed by atoms with van der Waals surface area (Å²) in [6.07, 6.45) is 6.32. The van der Waals surface area contributed by atoms with Crippen molar-refractivity contribution in [1.82, 2.24) is 19.5 Å². The summed E-state index contributed by atoms with van der Waals surface area (Å²) in [5.74, 6) is -1.46. The second-order valence-electron chi connectivity index (χ2n) is 9.82. The maximum Gasteiger partial charge on any atom is 0.301 e. The molecule has 0 bridgehead atoms. The van der Waals surface area contributed by atoms with Crippen molar-refractivity contribution >= 4 is 35.0 Å². The first-order chi connectivity index (χ1) is 22.2. The minimum Gasteiger partial charge on any atom is -0.491 e. The third kappa shape index (κ3) is 8.13. The molecule has 2 atom stereocenters. The van der Waals surface area contributed by atoms with Gasteiger partial charge in [-0.15, -0.1) is 20.2 Å². The molecule has 0 spiro atoms. The number of ether oxygens (including phenoxy) is 3. The molecule has 15 nitrogen and oxygen atoms in total. The third-order valence-electron chi connectivity index (χ3n) is 6.58. The first kappa shape index (κ1) is 33.2. The molecule has 2 aromatic heterocycles. The molecule has 1 aliphatic rings. The van der Waals surface area contributed by atoms with Crippen LogP contribution in [0.25, 0.3) is 11.3 Å². The van der Waals surface area contributed by atoms with Crippen molar-refractivity contribution in [3.8, 4) is 28.6 Å². The fourth-order valence-electron chi connectivity index (χ4n) is 4.54. The number of hydrogen-bond acceptors (Lipinski definition) is 13. The Morgan fingerprint density at radius 2 is 1.89 bits per heavy atom. The van der Waals surface area contributed by atoms with E-state index in [2.05, 4.69) is 24.6 Å². The first-order valence-corrected chi connectivity index (χ1v) is 15.6. The van der Waals surface area contributed by atoms with Crippen molar-refractivity contribution in [2.45, 2.75) is 43.4 Å². The topological polar surface area (TPSA) is 176 Å². The molecule has 2 aromatic carbocycles. The minimum absolute atomic E-state index is 0.0641. The lowest BCUT2D eigenvalue weighted by Crippen LogP contribution is -2.34. The number of nitrogens with zero attached hydrogens (tertiary/aromatic N) is 6. The average molecular weight is 694 g/mol. The summed E-state index contributed by atoms with van der Waals surface area (Å²) in [5.41, 5.74) is 0.879. The van der Waals surface area contributed by atoms with Gasteiger partial charge in [-0.05, 0) is 42.8 Å². The first-order valence-electron chi connectivity index (χ1n) is 13.8. The molecule has 4 aromatic rings. The van der Waals surface area contributed by atoms with Gasteiger partial charge >= 0.3 is 5.09 Å². The maximum atomic E-state index is 11.2. The van der Waals surface area contributed by atoms with Crippen LogP contribution >= 0.6 is 35.0 Å². The molecule has 3 heterocycles. The number of thioether (sulfide) groups is 1. The SMILES string of the molecule is CCCCSc1nc(O[N+](=O)[O-])c(O[N+](=O)[O-])c(-c2ccc(OCC3COC(Cn4ccnc4)(c4ccc(Cl)cc4Cl)O3)cc2)n1. The molecule has 46 heavy (non-hydrogen) atoms. The normalized spacial score (nSPS) is 17.5. The standard InChI is InChI=1S/C28H26Cl2N6O9S/c1-2-3-12-46-27-32-24(25(44-35(37)38)26(33-27)45-36(39)40)18-4-7-20(8-5-18)41-14-21-15-42-28(43-21,16-34-11-10-31-17-34)22-9-6-19(29)13-23(22)30/h4-11,13,17,21H,2-3,12,14-16H2,1H3. The zero-order valence-corrected chi connectivity index (χ0v) is 26.4. The van der Waals surface area contributed by atoms with Crippen LogP contribution in [0.5, 0.6) is 17.4 Å². The average Bonchev–Trinajstić information content (AvgIpc) is 3.68. The van der Waals surface area contributed by atoms with Crippen molar-refractivity contribution in [3.05, 3.63) is 97.0 Å². The summed E-state index contributed by atoms with van der Waals surface area (Å²) < 4.78 is 20.4. The van der Waals surface area contributed by atoms with E-state index < -0.39 is 33.7 Å². The van der Waals surface area contributed by atoms with E-state index in [0.717, 1.165) is 12.8 Å². The van der Waals surface area contributed by atoms with E-state index >= 15 is 0 Å². The van der Waals surface area contributed by atoms with Gasteiger partial charge in [-0.3, -0.25) is 9.68 Å². The Bertz CT molecular complexity index is 1680. The Kier molecular flexibility index (Phi) is 10.7. The third-order valence-corrected chi connectivity index (χ3v) is 8.07. The smallest absolute Gasteiger partial charge is 0.301 e. The summed E-state index contributed by atoms with van der Waals surface area (Å²) in [6, 6.07) is 11.4. The maximum absolute atomic E-state index is 11.2. The zero-order valence-electron chi connectivity index (χ0n) is 24.1. The minimum atomic E-state index is -1.23. The van der Waals surface area contributed by atoms with Crippen LogP contribution in [0, 0.1) is 20.2 Å². The monoisotopic (exact) mass is 692 g/mol. The Morgan fingerprint density at radius 1 is 1.11 bits per heavy atom. The number of imidazole rings is 1. The highest BCUT2D eigenvalue weighted by atomic mass is 35.5. The molecule has 5 rings (SSSR count). The molecule has 242 valence electrons. The summed E-state index contributed by atoms with van der Waals surface area (Å²) in [4.78, 5) is 44.0. The van der Waals surface area contributed by atoms with E-state index in [1.54, 1.807) is 61.2 Å². The van der Waals surface area contributed by atoms with Gasteiger partial charge in [0, 0.05) is 34.3 Å². The highest BCUT2D eigenvalue weighted by Crippen LogP contribution is 2.41. The predicted molar refractivity (Wildman–Crippen MR) is 165 cm³/mol. The van der Waals surface area contributed by atoms with E-state index in [1.807, 2.05) is 11.5 Å². The molecule has 1 aliphatic heterocycles. The molecule has 1 saturated heterocycles. The van der Waals surface area contributed by atoms with Gasteiger partial charge < -0.3 is 18.8 Å². The number of benzene rings is 2. The molecule has 2 unspecified atom stereocenters. The fourth-order valence-corrected chi connectivity index (χ4v) is 6.01. The van der Waals surface area contributed by atoms with Crippen molar-refractivity contribution in [3.63, 3.8) is 0 Å². The molecule has 18 heteroatoms. The Balaban J connectivity index is 1.34. The molecule has 1 fully saturated rings. The fraction of sp³-hybridized carbons (Fsp3) is 0.321. The Morgan fingerprint density at radius 3 is 2.57 bits per heavy atom. The van der Waals surface area contributed by atoms with Crippen LogP contribution in [-0.4, -0.2) is 54.8 Å². The molecular weight excluding hydrogens is 667 g/mol. The highest BCUT2D eigenvalue weighted by molar-refractivity contribution is 7.99. The van der Waals surface area contributed by atoms with Crippen LogP contribution in [0.3, 0.4) is 0 Å². The number of halogens is 2. The largest absolute Gasteiger partial charge is 0.491 e. The second-order valence-corrected chi connectivity index (χ2v) is 11.7. The molecule has 0 N–H and O–H groups in total. The van der Waals surface area contributed by atoms with E-state index in [4.69, 9.17) is 37.4 Å².